The lowest BCUT2D eigenvalue weighted by atomic mass is 9.90. The molecule has 1 aliphatic rings. The van der Waals surface area contributed by atoms with Crippen molar-refractivity contribution in [2.75, 3.05) is 25.5 Å². The molecule has 1 aromatic rings. The summed E-state index contributed by atoms with van der Waals surface area (Å²) in [5.74, 6) is -0.516. The van der Waals surface area contributed by atoms with Crippen LogP contribution in [0.5, 0.6) is 0 Å². The topological polar surface area (TPSA) is 15.3 Å². The number of nitrogens with one attached hydrogen (secondary N) is 1. The van der Waals surface area contributed by atoms with E-state index >= 15 is 0 Å². The van der Waals surface area contributed by atoms with Crippen molar-refractivity contribution in [1.29, 1.82) is 0 Å². The van der Waals surface area contributed by atoms with E-state index in [0.717, 1.165) is 25.9 Å². The minimum Gasteiger partial charge on any atom is -0.378 e. The summed E-state index contributed by atoms with van der Waals surface area (Å²) in [7, 11) is 2.11. The lowest BCUT2D eigenvalue weighted by Gasteiger charge is -2.33. The minimum atomic E-state index is -0.511. The maximum atomic E-state index is 13.9. The number of anilines is 1. The summed E-state index contributed by atoms with van der Waals surface area (Å²) in [6, 6.07) is 2.87. The molecule has 1 heterocycles. The molecule has 0 amide bonds. The molecule has 19 heavy (non-hydrogen) atoms. The van der Waals surface area contributed by atoms with Gasteiger partial charge < -0.3 is 10.2 Å². The molecule has 1 unspecified atom stereocenters. The second kappa shape index (κ2) is 5.87. The molecular weight excluding hydrogens is 246 g/mol. The zero-order chi connectivity index (χ0) is 14.0. The monoisotopic (exact) mass is 268 g/mol. The predicted molar refractivity (Wildman–Crippen MR) is 74.4 cm³/mol. The number of halogens is 2. The minimum absolute atomic E-state index is 0.0198. The highest BCUT2D eigenvalue weighted by atomic mass is 19.1. The Morgan fingerprint density at radius 1 is 1.26 bits per heavy atom. The second-order valence-electron chi connectivity index (χ2n) is 5.63. The van der Waals surface area contributed by atoms with E-state index in [2.05, 4.69) is 17.3 Å². The van der Waals surface area contributed by atoms with Gasteiger partial charge in [0, 0.05) is 6.04 Å². The largest absolute Gasteiger partial charge is 0.378 e. The second-order valence-corrected chi connectivity index (χ2v) is 5.63. The smallest absolute Gasteiger partial charge is 0.152 e. The highest BCUT2D eigenvalue weighted by molar-refractivity contribution is 5.49. The Labute approximate surface area is 113 Å². The first-order valence-electron chi connectivity index (χ1n) is 6.88. The molecule has 0 saturated carbocycles. The van der Waals surface area contributed by atoms with E-state index < -0.39 is 11.6 Å². The first kappa shape index (κ1) is 14.3. The van der Waals surface area contributed by atoms with Crippen LogP contribution in [0.4, 0.5) is 14.5 Å². The Morgan fingerprint density at radius 3 is 2.53 bits per heavy atom. The van der Waals surface area contributed by atoms with E-state index in [1.54, 1.807) is 6.92 Å². The number of benzene rings is 1. The van der Waals surface area contributed by atoms with Gasteiger partial charge in [-0.05, 0) is 64.4 Å². The summed E-state index contributed by atoms with van der Waals surface area (Å²) < 4.78 is 27.7. The van der Waals surface area contributed by atoms with Gasteiger partial charge in [-0.2, -0.15) is 0 Å². The number of hydrogen-bond acceptors (Lipinski definition) is 2. The number of nitrogens with zero attached hydrogens (tertiary/aromatic N) is 1. The molecule has 0 spiro atoms. The van der Waals surface area contributed by atoms with Crippen LogP contribution in [-0.4, -0.2) is 31.1 Å². The normalized spacial score (nSPS) is 19.4. The van der Waals surface area contributed by atoms with Gasteiger partial charge in [0.25, 0.3) is 0 Å². The Hall–Kier alpha value is -1.16. The van der Waals surface area contributed by atoms with Crippen molar-refractivity contribution in [2.45, 2.75) is 32.7 Å². The number of piperidine rings is 1. The van der Waals surface area contributed by atoms with Gasteiger partial charge in [-0.25, -0.2) is 8.78 Å². The van der Waals surface area contributed by atoms with Gasteiger partial charge in [-0.1, -0.05) is 6.07 Å². The quantitative estimate of drug-likeness (QED) is 0.903. The summed E-state index contributed by atoms with van der Waals surface area (Å²) in [5.41, 5.74) is 0.492. The van der Waals surface area contributed by atoms with Gasteiger partial charge in [0.15, 0.2) is 5.82 Å². The zero-order valence-corrected chi connectivity index (χ0v) is 11.8. The maximum absolute atomic E-state index is 13.9. The van der Waals surface area contributed by atoms with Gasteiger partial charge in [-0.15, -0.1) is 0 Å². The van der Waals surface area contributed by atoms with Crippen LogP contribution in [0.3, 0.4) is 0 Å². The van der Waals surface area contributed by atoms with Crippen LogP contribution in [0.2, 0.25) is 0 Å². The Balaban J connectivity index is 2.07. The van der Waals surface area contributed by atoms with Crippen LogP contribution in [0.15, 0.2) is 12.1 Å². The van der Waals surface area contributed by atoms with Gasteiger partial charge in [0.2, 0.25) is 0 Å². The average molecular weight is 268 g/mol. The van der Waals surface area contributed by atoms with Crippen LogP contribution in [-0.2, 0) is 0 Å². The number of hydrogen-bond donors (Lipinski definition) is 1. The van der Waals surface area contributed by atoms with E-state index in [0.29, 0.717) is 11.5 Å². The fourth-order valence-electron chi connectivity index (χ4n) is 2.66. The van der Waals surface area contributed by atoms with E-state index in [1.165, 1.54) is 12.1 Å². The molecule has 1 saturated heterocycles. The lowest BCUT2D eigenvalue weighted by molar-refractivity contribution is 0.208. The molecule has 0 aliphatic carbocycles. The van der Waals surface area contributed by atoms with Gasteiger partial charge in [0.1, 0.15) is 11.5 Å². The van der Waals surface area contributed by atoms with Gasteiger partial charge >= 0.3 is 0 Å². The molecule has 1 aromatic carbocycles. The van der Waals surface area contributed by atoms with Crippen LogP contribution >= 0.6 is 0 Å². The Bertz CT molecular complexity index is 440. The highest BCUT2D eigenvalue weighted by Crippen LogP contribution is 2.26. The molecule has 4 heteroatoms. The first-order chi connectivity index (χ1) is 8.99. The Morgan fingerprint density at radius 2 is 1.89 bits per heavy atom. The SMILES string of the molecule is Cc1ccc(F)c(NC(C)C2CCN(C)CC2)c1F. The van der Waals surface area contributed by atoms with Crippen molar-refractivity contribution in [1.82, 2.24) is 4.90 Å². The third-order valence-electron chi connectivity index (χ3n) is 4.13. The van der Waals surface area contributed by atoms with Gasteiger partial charge in [-0.3, -0.25) is 0 Å². The third-order valence-corrected chi connectivity index (χ3v) is 4.13. The molecule has 2 nitrogen and oxygen atoms in total. The van der Waals surface area contributed by atoms with Crippen LogP contribution in [0.1, 0.15) is 25.3 Å². The standard InChI is InChI=1S/C15H22F2N2/c1-10-4-5-13(16)15(14(10)17)18-11(2)12-6-8-19(3)9-7-12/h4-5,11-12,18H,6-9H2,1-3H3. The summed E-state index contributed by atoms with van der Waals surface area (Å²) in [6.07, 6.45) is 2.14. The predicted octanol–water partition coefficient (Wildman–Crippen LogP) is 3.42. The number of rotatable bonds is 3. The third kappa shape index (κ3) is 3.24. The van der Waals surface area contributed by atoms with Crippen molar-refractivity contribution in [2.24, 2.45) is 5.92 Å². The molecule has 1 N–H and O–H groups in total. The summed E-state index contributed by atoms with van der Waals surface area (Å²) in [4.78, 5) is 2.29. The molecule has 0 radical (unpaired) electrons. The molecule has 1 aliphatic heterocycles. The molecule has 1 fully saturated rings. The van der Waals surface area contributed by atoms with E-state index in [9.17, 15) is 8.78 Å². The fraction of sp³-hybridized carbons (Fsp3) is 0.600. The number of likely N-dealkylation sites (tertiary alicyclic amines) is 1. The summed E-state index contributed by atoms with van der Waals surface area (Å²) in [5, 5.41) is 3.04. The first-order valence-corrected chi connectivity index (χ1v) is 6.88. The van der Waals surface area contributed by atoms with Crippen LogP contribution in [0.25, 0.3) is 0 Å². The van der Waals surface area contributed by atoms with Crippen LogP contribution < -0.4 is 5.32 Å². The zero-order valence-electron chi connectivity index (χ0n) is 11.8. The highest BCUT2D eigenvalue weighted by Gasteiger charge is 2.24. The molecule has 0 bridgehead atoms. The molecule has 106 valence electrons. The van der Waals surface area contributed by atoms with E-state index in [1.807, 2.05) is 6.92 Å². The van der Waals surface area contributed by atoms with Crippen molar-refractivity contribution >= 4 is 5.69 Å². The summed E-state index contributed by atoms with van der Waals surface area (Å²) >= 11 is 0. The number of aryl methyl sites for hydroxylation is 1. The van der Waals surface area contributed by atoms with E-state index in [4.69, 9.17) is 0 Å². The van der Waals surface area contributed by atoms with Crippen molar-refractivity contribution in [3.8, 4) is 0 Å². The lowest BCUT2D eigenvalue weighted by Crippen LogP contribution is -2.37. The fourth-order valence-corrected chi connectivity index (χ4v) is 2.66. The Kier molecular flexibility index (Phi) is 4.40. The van der Waals surface area contributed by atoms with Crippen molar-refractivity contribution in [3.05, 3.63) is 29.3 Å². The molecular formula is C15H22F2N2. The van der Waals surface area contributed by atoms with E-state index in [-0.39, 0.29) is 11.7 Å². The average Bonchev–Trinajstić information content (AvgIpc) is 2.40. The van der Waals surface area contributed by atoms with Gasteiger partial charge in [0.05, 0.1) is 0 Å². The molecule has 2 rings (SSSR count). The van der Waals surface area contributed by atoms with Crippen molar-refractivity contribution < 1.29 is 8.78 Å². The maximum Gasteiger partial charge on any atom is 0.152 e. The molecule has 0 aromatic heterocycles. The van der Waals surface area contributed by atoms with Crippen LogP contribution in [0, 0.1) is 24.5 Å². The summed E-state index contributed by atoms with van der Waals surface area (Å²) in [6.45, 7) is 5.77. The van der Waals surface area contributed by atoms with Crippen molar-refractivity contribution in [3.63, 3.8) is 0 Å². The molecule has 1 atom stereocenters.